The second kappa shape index (κ2) is 8.75. The first kappa shape index (κ1) is 21.2. The summed E-state index contributed by atoms with van der Waals surface area (Å²) in [6.45, 7) is 6.64. The van der Waals surface area contributed by atoms with Crippen LogP contribution in [0.3, 0.4) is 0 Å². The van der Waals surface area contributed by atoms with Crippen molar-refractivity contribution in [1.29, 1.82) is 5.26 Å². The number of benzene rings is 2. The number of methoxy groups -OCH3 is 1. The van der Waals surface area contributed by atoms with E-state index in [-0.39, 0.29) is 5.92 Å². The number of ether oxygens (including phenoxy) is 2. The molecule has 6 nitrogen and oxygen atoms in total. The molecule has 2 rings (SSSR count). The number of nitrogens with zero attached hydrogens (tertiary/aromatic N) is 1. The third-order valence-electron chi connectivity index (χ3n) is 5.06. The number of esters is 1. The summed E-state index contributed by atoms with van der Waals surface area (Å²) in [6.07, 6.45) is 0. The van der Waals surface area contributed by atoms with Crippen molar-refractivity contribution in [2.75, 3.05) is 13.7 Å². The van der Waals surface area contributed by atoms with Crippen molar-refractivity contribution in [2.45, 2.75) is 39.2 Å². The zero-order valence-electron chi connectivity index (χ0n) is 16.9. The van der Waals surface area contributed by atoms with Crippen LogP contribution in [0.2, 0.25) is 0 Å². The fraction of sp³-hybridized carbons (Fsp3) is 0.409. The molecular formula is C22H26N2O4. The molecule has 0 radical (unpaired) electrons. The Morgan fingerprint density at radius 3 is 2.39 bits per heavy atom. The number of carbonyl (C=O) groups excluding carboxylic acids is 2. The van der Waals surface area contributed by atoms with Crippen LogP contribution in [0.5, 0.6) is 5.75 Å². The number of carbonyl (C=O) groups is 2. The fourth-order valence-corrected chi connectivity index (χ4v) is 2.66. The van der Waals surface area contributed by atoms with Crippen molar-refractivity contribution in [1.82, 2.24) is 5.32 Å². The lowest BCUT2D eigenvalue weighted by Gasteiger charge is -2.27. The summed E-state index contributed by atoms with van der Waals surface area (Å²) in [5, 5.41) is 13.9. The molecule has 0 aliphatic rings. The van der Waals surface area contributed by atoms with Crippen molar-refractivity contribution in [2.24, 2.45) is 5.92 Å². The first-order valence-electron chi connectivity index (χ1n) is 9.16. The first-order valence-corrected chi connectivity index (χ1v) is 9.16. The molecule has 2 aromatic carbocycles. The highest BCUT2D eigenvalue weighted by Crippen LogP contribution is 2.25. The topological polar surface area (TPSA) is 88.4 Å². The summed E-state index contributed by atoms with van der Waals surface area (Å²) < 4.78 is 10.4. The highest BCUT2D eigenvalue weighted by molar-refractivity contribution is 5.87. The Labute approximate surface area is 165 Å². The summed E-state index contributed by atoms with van der Waals surface area (Å²) in [7, 11) is 1.62. The van der Waals surface area contributed by atoms with E-state index >= 15 is 0 Å². The van der Waals surface area contributed by atoms with E-state index in [1.165, 1.54) is 0 Å². The summed E-state index contributed by atoms with van der Waals surface area (Å²) in [5.74, 6) is -0.821. The summed E-state index contributed by atoms with van der Waals surface area (Å²) in [4.78, 5) is 24.4. The molecule has 0 aliphatic heterocycles. The number of fused-ring (bicyclic) bond motifs is 1. The lowest BCUT2D eigenvalue weighted by molar-refractivity contribution is -0.150. The van der Waals surface area contributed by atoms with Gasteiger partial charge in [-0.05, 0) is 48.2 Å². The van der Waals surface area contributed by atoms with Crippen LogP contribution < -0.4 is 10.1 Å². The van der Waals surface area contributed by atoms with E-state index in [2.05, 4.69) is 11.4 Å². The van der Waals surface area contributed by atoms with Crippen molar-refractivity contribution in [3.05, 3.63) is 42.0 Å². The Kier molecular flexibility index (Phi) is 6.63. The van der Waals surface area contributed by atoms with Crippen molar-refractivity contribution in [3.63, 3.8) is 0 Å². The molecule has 0 heterocycles. The van der Waals surface area contributed by atoms with E-state index in [1.807, 2.05) is 50.2 Å². The Hall–Kier alpha value is -3.07. The molecule has 1 N–H and O–H groups in total. The van der Waals surface area contributed by atoms with Gasteiger partial charge in [0.25, 0.3) is 5.91 Å². The monoisotopic (exact) mass is 382 g/mol. The van der Waals surface area contributed by atoms with Crippen LogP contribution in [0.1, 0.15) is 39.2 Å². The zero-order chi connectivity index (χ0) is 20.9. The third kappa shape index (κ3) is 4.80. The predicted molar refractivity (Wildman–Crippen MR) is 107 cm³/mol. The van der Waals surface area contributed by atoms with Gasteiger partial charge in [0, 0.05) is 0 Å². The number of hydrogen-bond acceptors (Lipinski definition) is 5. The second-order valence-electron chi connectivity index (χ2n) is 7.32. The zero-order valence-corrected chi connectivity index (χ0v) is 16.9. The Balaban J connectivity index is 2.01. The predicted octanol–water partition coefficient (Wildman–Crippen LogP) is 3.55. The van der Waals surface area contributed by atoms with Crippen LogP contribution in [0.25, 0.3) is 10.8 Å². The average Bonchev–Trinajstić information content (AvgIpc) is 2.70. The molecule has 0 fully saturated rings. The van der Waals surface area contributed by atoms with Gasteiger partial charge in [0.1, 0.15) is 11.3 Å². The van der Waals surface area contributed by atoms with E-state index in [0.717, 1.165) is 22.1 Å². The minimum Gasteiger partial charge on any atom is -0.497 e. The van der Waals surface area contributed by atoms with Crippen molar-refractivity contribution in [3.8, 4) is 11.8 Å². The van der Waals surface area contributed by atoms with Crippen LogP contribution >= 0.6 is 0 Å². The SMILES string of the molecule is COc1ccc2cc([C@H](C)C(=O)OCC(=O)N[C@](C)(C#N)C(C)C)ccc2c1. The highest BCUT2D eigenvalue weighted by atomic mass is 16.5. The van der Waals surface area contributed by atoms with Crippen molar-refractivity contribution < 1.29 is 19.1 Å². The lowest BCUT2D eigenvalue weighted by atomic mass is 9.90. The van der Waals surface area contributed by atoms with Gasteiger partial charge in [-0.25, -0.2) is 0 Å². The van der Waals surface area contributed by atoms with E-state index in [9.17, 15) is 14.9 Å². The summed E-state index contributed by atoms with van der Waals surface area (Å²) in [5.41, 5.74) is -0.207. The third-order valence-corrected chi connectivity index (χ3v) is 5.06. The number of amides is 1. The van der Waals surface area contributed by atoms with Gasteiger partial charge < -0.3 is 14.8 Å². The van der Waals surface area contributed by atoms with Crippen LogP contribution in [0.4, 0.5) is 0 Å². The summed E-state index contributed by atoms with van der Waals surface area (Å²) >= 11 is 0. The smallest absolute Gasteiger partial charge is 0.313 e. The fourth-order valence-electron chi connectivity index (χ4n) is 2.66. The van der Waals surface area contributed by atoms with Crippen LogP contribution in [-0.4, -0.2) is 31.1 Å². The summed E-state index contributed by atoms with van der Waals surface area (Å²) in [6, 6.07) is 13.5. The molecule has 0 aromatic heterocycles. The molecule has 0 saturated carbocycles. The number of rotatable bonds is 7. The van der Waals surface area contributed by atoms with E-state index < -0.39 is 29.9 Å². The molecule has 0 unspecified atom stereocenters. The Bertz CT molecular complexity index is 916. The molecule has 28 heavy (non-hydrogen) atoms. The Morgan fingerprint density at radius 1 is 1.14 bits per heavy atom. The van der Waals surface area contributed by atoms with Gasteiger partial charge in [-0.15, -0.1) is 0 Å². The van der Waals surface area contributed by atoms with Gasteiger partial charge >= 0.3 is 5.97 Å². The highest BCUT2D eigenvalue weighted by Gasteiger charge is 2.30. The van der Waals surface area contributed by atoms with E-state index in [0.29, 0.717) is 0 Å². The molecule has 0 spiro atoms. The van der Waals surface area contributed by atoms with Gasteiger partial charge in [-0.2, -0.15) is 5.26 Å². The van der Waals surface area contributed by atoms with E-state index in [4.69, 9.17) is 9.47 Å². The molecule has 0 aliphatic carbocycles. The number of nitrogens with one attached hydrogen (secondary N) is 1. The van der Waals surface area contributed by atoms with Gasteiger partial charge in [0.15, 0.2) is 6.61 Å². The quantitative estimate of drug-likeness (QED) is 0.740. The number of hydrogen-bond donors (Lipinski definition) is 1. The Morgan fingerprint density at radius 2 is 1.79 bits per heavy atom. The minimum absolute atomic E-state index is 0.0766. The van der Waals surface area contributed by atoms with Gasteiger partial charge in [0.05, 0.1) is 19.1 Å². The van der Waals surface area contributed by atoms with Crippen LogP contribution in [0.15, 0.2) is 36.4 Å². The maximum atomic E-state index is 12.4. The molecule has 0 bridgehead atoms. The lowest BCUT2D eigenvalue weighted by Crippen LogP contribution is -2.50. The molecule has 2 aromatic rings. The molecular weight excluding hydrogens is 356 g/mol. The second-order valence-corrected chi connectivity index (χ2v) is 7.32. The first-order chi connectivity index (χ1) is 13.2. The van der Waals surface area contributed by atoms with Gasteiger partial charge in [-0.1, -0.05) is 38.1 Å². The number of nitriles is 1. The molecule has 1 amide bonds. The molecule has 148 valence electrons. The molecule has 2 atom stereocenters. The largest absolute Gasteiger partial charge is 0.497 e. The molecule has 6 heteroatoms. The van der Waals surface area contributed by atoms with Crippen LogP contribution in [-0.2, 0) is 14.3 Å². The normalized spacial score (nSPS) is 14.0. The minimum atomic E-state index is -1.01. The molecule has 0 saturated heterocycles. The van der Waals surface area contributed by atoms with Crippen LogP contribution in [0, 0.1) is 17.2 Å². The standard InChI is InChI=1S/C22H26N2O4/c1-14(2)22(4,13-23)24-20(25)12-28-21(26)15(3)16-6-7-18-11-19(27-5)9-8-17(18)10-16/h6-11,14-15H,12H2,1-5H3,(H,24,25)/t15-,22+/m0/s1. The maximum Gasteiger partial charge on any atom is 0.313 e. The van der Waals surface area contributed by atoms with Gasteiger partial charge in [-0.3, -0.25) is 9.59 Å². The van der Waals surface area contributed by atoms with Gasteiger partial charge in [0.2, 0.25) is 0 Å². The van der Waals surface area contributed by atoms with E-state index in [1.54, 1.807) is 21.0 Å². The maximum absolute atomic E-state index is 12.4. The average molecular weight is 382 g/mol. The van der Waals surface area contributed by atoms with Crippen molar-refractivity contribution >= 4 is 22.6 Å².